The monoisotopic (exact) mass is 459 g/mol. The molecule has 0 spiro atoms. The number of halogens is 2. The summed E-state index contributed by atoms with van der Waals surface area (Å²) in [6, 6.07) is 8.93. The molecule has 28 heavy (non-hydrogen) atoms. The smallest absolute Gasteiger partial charge is 0.271 e. The van der Waals surface area contributed by atoms with Gasteiger partial charge in [0.15, 0.2) is 0 Å². The molecule has 1 aliphatic rings. The van der Waals surface area contributed by atoms with Gasteiger partial charge in [-0.2, -0.15) is 0 Å². The quantitative estimate of drug-likeness (QED) is 0.591. The van der Waals surface area contributed by atoms with Gasteiger partial charge in [-0.05, 0) is 33.6 Å². The van der Waals surface area contributed by atoms with E-state index in [2.05, 4.69) is 21.2 Å². The van der Waals surface area contributed by atoms with Crippen molar-refractivity contribution in [2.75, 3.05) is 14.1 Å². The molecular weight excluding hydrogens is 446 g/mol. The highest BCUT2D eigenvalue weighted by Gasteiger charge is 2.36. The van der Waals surface area contributed by atoms with Crippen molar-refractivity contribution in [3.63, 3.8) is 0 Å². The van der Waals surface area contributed by atoms with Crippen LogP contribution in [0, 0.1) is 0 Å². The number of carbonyl (C=O) groups excluding carboxylic acids is 3. The van der Waals surface area contributed by atoms with Gasteiger partial charge < -0.3 is 9.47 Å². The third-order valence-electron chi connectivity index (χ3n) is 4.88. The zero-order valence-electron chi connectivity index (χ0n) is 15.3. The van der Waals surface area contributed by atoms with Crippen LogP contribution in [0.1, 0.15) is 31.2 Å². The van der Waals surface area contributed by atoms with E-state index in [0.29, 0.717) is 37.2 Å². The lowest BCUT2D eigenvalue weighted by atomic mass is 9.94. The Labute approximate surface area is 174 Å². The van der Waals surface area contributed by atoms with Crippen molar-refractivity contribution in [1.82, 2.24) is 14.8 Å². The van der Waals surface area contributed by atoms with Gasteiger partial charge in [0.25, 0.3) is 17.7 Å². The molecule has 0 radical (unpaired) electrons. The molecule has 2 heterocycles. The summed E-state index contributed by atoms with van der Waals surface area (Å²) in [5, 5.41) is 3.36. The summed E-state index contributed by atoms with van der Waals surface area (Å²) in [6.45, 7) is 0. The van der Waals surface area contributed by atoms with Crippen LogP contribution in [-0.2, 0) is 7.05 Å². The van der Waals surface area contributed by atoms with Crippen molar-refractivity contribution in [3.05, 3.63) is 56.6 Å². The Morgan fingerprint density at radius 3 is 2.39 bits per heavy atom. The van der Waals surface area contributed by atoms with Crippen LogP contribution < -0.4 is 5.32 Å². The number of aryl methyl sites for hydroxylation is 1. The lowest BCUT2D eigenvalue weighted by Gasteiger charge is -2.12. The molecule has 3 amide bonds. The van der Waals surface area contributed by atoms with Crippen LogP contribution in [0.3, 0.4) is 0 Å². The first-order valence-electron chi connectivity index (χ1n) is 8.41. The van der Waals surface area contributed by atoms with Crippen LogP contribution >= 0.6 is 27.5 Å². The number of carbonyl (C=O) groups is 3. The molecule has 3 aromatic rings. The van der Waals surface area contributed by atoms with E-state index in [9.17, 15) is 14.4 Å². The number of aromatic nitrogens is 1. The Kier molecular flexibility index (Phi) is 4.32. The molecule has 142 valence electrons. The molecule has 0 atom stereocenters. The number of nitrogens with one attached hydrogen (secondary N) is 1. The molecule has 1 aliphatic heterocycles. The molecule has 0 unspecified atom stereocenters. The lowest BCUT2D eigenvalue weighted by Crippen LogP contribution is -2.24. The molecule has 8 heteroatoms. The Hall–Kier alpha value is -2.64. The van der Waals surface area contributed by atoms with Crippen molar-refractivity contribution in [1.29, 1.82) is 0 Å². The van der Waals surface area contributed by atoms with Crippen molar-refractivity contribution in [2.45, 2.75) is 0 Å². The molecule has 0 bridgehead atoms. The minimum Gasteiger partial charge on any atom is -0.343 e. The second-order valence-electron chi connectivity index (χ2n) is 6.75. The fraction of sp³-hybridized carbons (Fsp3) is 0.150. The number of nitrogens with zero attached hydrogens (tertiary/aromatic N) is 2. The minimum atomic E-state index is -0.492. The maximum absolute atomic E-state index is 12.7. The van der Waals surface area contributed by atoms with E-state index in [-0.39, 0.29) is 17.0 Å². The summed E-state index contributed by atoms with van der Waals surface area (Å²) < 4.78 is 2.20. The number of rotatable bonds is 2. The van der Waals surface area contributed by atoms with Gasteiger partial charge in [0, 0.05) is 37.1 Å². The SMILES string of the molecule is CN(C)C(=O)c1c(Br)c2c3c(c(-c4ccccc4Cl)cc2n1C)C(=O)NC3=O. The zero-order chi connectivity index (χ0) is 20.3. The molecule has 1 N–H and O–H groups in total. The normalized spacial score (nSPS) is 13.0. The Morgan fingerprint density at radius 2 is 1.75 bits per heavy atom. The van der Waals surface area contributed by atoms with E-state index in [0.717, 1.165) is 0 Å². The first-order valence-corrected chi connectivity index (χ1v) is 9.58. The van der Waals surface area contributed by atoms with Crippen LogP contribution in [-0.4, -0.2) is 41.3 Å². The summed E-state index contributed by atoms with van der Waals surface area (Å²) >= 11 is 9.85. The number of hydrogen-bond donors (Lipinski definition) is 1. The lowest BCUT2D eigenvalue weighted by molar-refractivity contribution is 0.0816. The molecule has 0 fully saturated rings. The molecule has 0 aliphatic carbocycles. The standard InChI is InChI=1S/C20H15BrClN3O3/c1-24(2)20(28)17-16(21)14-12(25(17)3)8-10(9-6-4-5-7-11(9)22)13-15(14)19(27)23-18(13)26/h4-8H,1-3H3,(H,23,26,27). The highest BCUT2D eigenvalue weighted by atomic mass is 79.9. The third-order valence-corrected chi connectivity index (χ3v) is 5.99. The summed E-state index contributed by atoms with van der Waals surface area (Å²) in [4.78, 5) is 39.4. The van der Waals surface area contributed by atoms with E-state index in [4.69, 9.17) is 11.6 Å². The Bertz CT molecular complexity index is 1210. The van der Waals surface area contributed by atoms with Gasteiger partial charge >= 0.3 is 0 Å². The van der Waals surface area contributed by atoms with E-state index >= 15 is 0 Å². The fourth-order valence-corrected chi connectivity index (χ4v) is 4.65. The maximum Gasteiger partial charge on any atom is 0.271 e. The van der Waals surface area contributed by atoms with Gasteiger partial charge in [-0.25, -0.2) is 0 Å². The second-order valence-corrected chi connectivity index (χ2v) is 7.95. The van der Waals surface area contributed by atoms with Gasteiger partial charge in [-0.15, -0.1) is 0 Å². The molecule has 2 aromatic carbocycles. The fourth-order valence-electron chi connectivity index (χ4n) is 3.57. The van der Waals surface area contributed by atoms with Gasteiger partial charge in [0.05, 0.1) is 21.1 Å². The van der Waals surface area contributed by atoms with Crippen molar-refractivity contribution in [3.8, 4) is 11.1 Å². The summed E-state index contributed by atoms with van der Waals surface area (Å²) in [5.41, 5.74) is 2.75. The zero-order valence-corrected chi connectivity index (χ0v) is 17.6. The highest BCUT2D eigenvalue weighted by molar-refractivity contribution is 9.10. The predicted octanol–water partition coefficient (Wildman–Crippen LogP) is 3.85. The Morgan fingerprint density at radius 1 is 1.11 bits per heavy atom. The third kappa shape index (κ3) is 2.50. The molecule has 0 saturated heterocycles. The van der Waals surface area contributed by atoms with Gasteiger partial charge in [0.1, 0.15) is 5.69 Å². The minimum absolute atomic E-state index is 0.219. The van der Waals surface area contributed by atoms with Crippen LogP contribution in [0.15, 0.2) is 34.8 Å². The van der Waals surface area contributed by atoms with E-state index < -0.39 is 11.8 Å². The van der Waals surface area contributed by atoms with Crippen LogP contribution in [0.25, 0.3) is 22.0 Å². The number of fused-ring (bicyclic) bond motifs is 3. The number of hydrogen-bond acceptors (Lipinski definition) is 3. The van der Waals surface area contributed by atoms with Crippen molar-refractivity contribution < 1.29 is 14.4 Å². The maximum atomic E-state index is 12.7. The molecule has 6 nitrogen and oxygen atoms in total. The van der Waals surface area contributed by atoms with Crippen LogP contribution in [0.2, 0.25) is 5.02 Å². The first kappa shape index (κ1) is 18.7. The topological polar surface area (TPSA) is 71.4 Å². The predicted molar refractivity (Wildman–Crippen MR) is 111 cm³/mol. The summed E-state index contributed by atoms with van der Waals surface area (Å²) in [6.07, 6.45) is 0. The van der Waals surface area contributed by atoms with E-state index in [1.54, 1.807) is 50.0 Å². The number of imide groups is 1. The van der Waals surface area contributed by atoms with Crippen molar-refractivity contribution in [2.24, 2.45) is 7.05 Å². The van der Waals surface area contributed by atoms with Crippen LogP contribution in [0.4, 0.5) is 0 Å². The first-order chi connectivity index (χ1) is 13.2. The molecule has 4 rings (SSSR count). The average Bonchev–Trinajstić information content (AvgIpc) is 3.08. The number of benzene rings is 2. The number of amides is 3. The van der Waals surface area contributed by atoms with Gasteiger partial charge in [0.2, 0.25) is 0 Å². The molecular formula is C20H15BrClN3O3. The van der Waals surface area contributed by atoms with E-state index in [1.165, 1.54) is 4.90 Å². The van der Waals surface area contributed by atoms with E-state index in [1.807, 2.05) is 6.07 Å². The van der Waals surface area contributed by atoms with Gasteiger partial charge in [-0.3, -0.25) is 19.7 Å². The van der Waals surface area contributed by atoms with Gasteiger partial charge in [-0.1, -0.05) is 29.8 Å². The molecule has 1 aromatic heterocycles. The Balaban J connectivity index is 2.18. The average molecular weight is 461 g/mol. The highest BCUT2D eigenvalue weighted by Crippen LogP contribution is 2.42. The largest absolute Gasteiger partial charge is 0.343 e. The summed E-state index contributed by atoms with van der Waals surface area (Å²) in [5.74, 6) is -1.19. The molecule has 0 saturated carbocycles. The van der Waals surface area contributed by atoms with Crippen molar-refractivity contribution >= 4 is 56.2 Å². The summed E-state index contributed by atoms with van der Waals surface area (Å²) in [7, 11) is 5.06. The van der Waals surface area contributed by atoms with Crippen LogP contribution in [0.5, 0.6) is 0 Å². The second kappa shape index (κ2) is 6.46.